The number of nitrogens with two attached hydrogens (primary N) is 1. The predicted octanol–water partition coefficient (Wildman–Crippen LogP) is 5.38. The number of pyridine rings is 1. The Hall–Kier alpha value is -3.23. The van der Waals surface area contributed by atoms with E-state index in [1.165, 1.54) is 0 Å². The molecule has 45 heavy (non-hydrogen) atoms. The average molecular weight is 654 g/mol. The first-order valence-electron chi connectivity index (χ1n) is 15.2. The fourth-order valence-electron chi connectivity index (χ4n) is 7.32. The fourth-order valence-corrected chi connectivity index (χ4v) is 7.66. The van der Waals surface area contributed by atoms with Crippen LogP contribution in [0.1, 0.15) is 44.6 Å². The first-order valence-corrected chi connectivity index (χ1v) is 15.5. The van der Waals surface area contributed by atoms with Crippen LogP contribution in [0.25, 0.3) is 22.2 Å². The van der Waals surface area contributed by atoms with Crippen molar-refractivity contribution in [3.63, 3.8) is 0 Å². The number of nitrogen functional groups attached to an aromatic ring is 1. The van der Waals surface area contributed by atoms with E-state index >= 15 is 4.39 Å². The van der Waals surface area contributed by atoms with Gasteiger partial charge in [-0.1, -0.05) is 11.6 Å². The average Bonchev–Trinajstić information content (AvgIpc) is 3.67. The predicted molar refractivity (Wildman–Crippen MR) is 159 cm³/mol. The second-order valence-electron chi connectivity index (χ2n) is 12.5. The lowest BCUT2D eigenvalue weighted by Gasteiger charge is -2.32. The quantitative estimate of drug-likeness (QED) is 0.268. The summed E-state index contributed by atoms with van der Waals surface area (Å²) in [6, 6.07) is 1.64. The van der Waals surface area contributed by atoms with Crippen LogP contribution in [0, 0.1) is 5.82 Å². The largest absolute Gasteiger partial charge is 0.475 e. The molecule has 15 heteroatoms. The van der Waals surface area contributed by atoms with Gasteiger partial charge in [0, 0.05) is 36.8 Å². The Labute approximate surface area is 261 Å². The lowest BCUT2D eigenvalue weighted by molar-refractivity contribution is -0.137. The Morgan fingerprint density at radius 2 is 2.04 bits per heavy atom. The van der Waals surface area contributed by atoms with Crippen molar-refractivity contribution in [2.75, 3.05) is 50.0 Å². The molecule has 0 saturated carbocycles. The van der Waals surface area contributed by atoms with Gasteiger partial charge in [-0.15, -0.1) is 0 Å². The van der Waals surface area contributed by atoms with E-state index in [4.69, 9.17) is 31.8 Å². The molecule has 7 rings (SSSR count). The summed E-state index contributed by atoms with van der Waals surface area (Å²) in [5.74, 6) is -0.935. The van der Waals surface area contributed by atoms with Gasteiger partial charge in [-0.05, 0) is 57.8 Å². The maximum Gasteiger partial charge on any atom is 0.418 e. The van der Waals surface area contributed by atoms with Crippen LogP contribution >= 0.6 is 11.6 Å². The molecule has 2 aromatic heterocycles. The number of nitrogens with one attached hydrogen (secondary N) is 1. The number of nitrogens with zero attached hydrogens (tertiary/aromatic N) is 5. The van der Waals surface area contributed by atoms with Crippen molar-refractivity contribution in [3.05, 3.63) is 28.5 Å². The number of ether oxygens (including phenoxy) is 2. The molecule has 6 heterocycles. The number of halogens is 6. The number of anilines is 2. The first kappa shape index (κ1) is 30.4. The van der Waals surface area contributed by atoms with Crippen molar-refractivity contribution in [3.8, 4) is 23.1 Å². The van der Waals surface area contributed by atoms with E-state index in [9.17, 15) is 17.6 Å². The lowest BCUT2D eigenvalue weighted by atomic mass is 9.95. The normalized spacial score (nSPS) is 26.7. The van der Waals surface area contributed by atoms with E-state index in [0.29, 0.717) is 25.3 Å². The van der Waals surface area contributed by atoms with Crippen LogP contribution in [0.2, 0.25) is 5.02 Å². The number of benzene rings is 1. The zero-order valence-corrected chi connectivity index (χ0v) is 25.3. The van der Waals surface area contributed by atoms with Crippen molar-refractivity contribution < 1.29 is 31.4 Å². The van der Waals surface area contributed by atoms with Gasteiger partial charge in [0.1, 0.15) is 41.8 Å². The second-order valence-corrected chi connectivity index (χ2v) is 12.9. The molecule has 9 nitrogen and oxygen atoms in total. The van der Waals surface area contributed by atoms with Crippen molar-refractivity contribution >= 4 is 34.0 Å². The summed E-state index contributed by atoms with van der Waals surface area (Å²) in [7, 11) is 0. The summed E-state index contributed by atoms with van der Waals surface area (Å²) in [6.07, 6.45) is -2.05. The molecule has 1 aromatic carbocycles. The van der Waals surface area contributed by atoms with Gasteiger partial charge in [0.2, 0.25) is 5.88 Å². The smallest absolute Gasteiger partial charge is 0.418 e. The maximum absolute atomic E-state index is 16.7. The Bertz CT molecular complexity index is 1640. The van der Waals surface area contributed by atoms with Gasteiger partial charge in [-0.3, -0.25) is 4.90 Å². The van der Waals surface area contributed by atoms with E-state index in [1.54, 1.807) is 0 Å². The molecule has 3 saturated heterocycles. The van der Waals surface area contributed by atoms with Crippen LogP contribution in [0.15, 0.2) is 12.1 Å². The van der Waals surface area contributed by atoms with Gasteiger partial charge < -0.3 is 25.4 Å². The zero-order valence-electron chi connectivity index (χ0n) is 24.6. The highest BCUT2D eigenvalue weighted by molar-refractivity contribution is 6.32. The van der Waals surface area contributed by atoms with E-state index in [1.807, 2.05) is 11.8 Å². The topological polar surface area (TPSA) is 102 Å². The standard InChI is InChI=1S/C30H33ClF5N7O2/c1-15-13-44-27-21-25(23(33)24(39-27)19-8-17(37)9-20(31)22(19)30(34,35)36)40-28(41-26(21)43(15)12-18-4-2-6-38-18)45-14-29-5-3-7-42(29)11-16(32)10-29/h8-9,15-16,18,38H,2-7,10-14,37H2,1H3/t15?,16-,18?,29+/m1/s1. The Balaban J connectivity index is 1.40. The van der Waals surface area contributed by atoms with Gasteiger partial charge in [0.15, 0.2) is 5.82 Å². The molecule has 4 aliphatic heterocycles. The zero-order chi connectivity index (χ0) is 31.7. The molecule has 0 bridgehead atoms. The van der Waals surface area contributed by atoms with E-state index in [-0.39, 0.29) is 53.8 Å². The number of hydrogen-bond donors (Lipinski definition) is 2. The molecule has 2 unspecified atom stereocenters. The lowest BCUT2D eigenvalue weighted by Crippen LogP contribution is -2.45. The number of fused-ring (bicyclic) bond motifs is 1. The molecule has 0 amide bonds. The first-order chi connectivity index (χ1) is 21.4. The Morgan fingerprint density at radius 1 is 1.22 bits per heavy atom. The van der Waals surface area contributed by atoms with Gasteiger partial charge >= 0.3 is 12.2 Å². The molecule has 3 N–H and O–H groups in total. The summed E-state index contributed by atoms with van der Waals surface area (Å²) in [6.45, 7) is 4.57. The van der Waals surface area contributed by atoms with Gasteiger partial charge in [0.05, 0.1) is 22.2 Å². The van der Waals surface area contributed by atoms with Crippen LogP contribution in [0.5, 0.6) is 11.9 Å². The minimum atomic E-state index is -4.94. The molecule has 242 valence electrons. The van der Waals surface area contributed by atoms with Gasteiger partial charge in [-0.25, -0.2) is 13.8 Å². The summed E-state index contributed by atoms with van der Waals surface area (Å²) in [5.41, 5.74) is 2.35. The fraction of sp³-hybridized carbons (Fsp3) is 0.567. The molecule has 3 aromatic rings. The summed E-state index contributed by atoms with van der Waals surface area (Å²) in [4.78, 5) is 17.5. The van der Waals surface area contributed by atoms with Gasteiger partial charge in [-0.2, -0.15) is 23.1 Å². The van der Waals surface area contributed by atoms with E-state index in [0.717, 1.165) is 50.9 Å². The van der Waals surface area contributed by atoms with Crippen molar-refractivity contribution in [2.45, 2.75) is 69.0 Å². The molecule has 0 spiro atoms. The van der Waals surface area contributed by atoms with Crippen LogP contribution in [0.4, 0.5) is 33.5 Å². The van der Waals surface area contributed by atoms with Crippen LogP contribution < -0.4 is 25.4 Å². The summed E-state index contributed by atoms with van der Waals surface area (Å²) < 4.78 is 86.0. The van der Waals surface area contributed by atoms with E-state index < -0.39 is 45.5 Å². The Kier molecular flexibility index (Phi) is 7.59. The number of aromatic nitrogens is 3. The number of rotatable bonds is 6. The minimum absolute atomic E-state index is 0.0874. The number of hydrogen-bond acceptors (Lipinski definition) is 9. The van der Waals surface area contributed by atoms with Crippen molar-refractivity contribution in [1.29, 1.82) is 0 Å². The maximum atomic E-state index is 16.7. The molecule has 0 radical (unpaired) electrons. The highest BCUT2D eigenvalue weighted by Gasteiger charge is 2.49. The third-order valence-electron chi connectivity index (χ3n) is 9.44. The van der Waals surface area contributed by atoms with Crippen molar-refractivity contribution in [1.82, 2.24) is 25.2 Å². The van der Waals surface area contributed by atoms with Gasteiger partial charge in [0.25, 0.3) is 0 Å². The minimum Gasteiger partial charge on any atom is -0.475 e. The van der Waals surface area contributed by atoms with Crippen LogP contribution in [-0.2, 0) is 6.18 Å². The molecule has 0 aliphatic carbocycles. The third-order valence-corrected chi connectivity index (χ3v) is 9.74. The SMILES string of the molecule is CC1COc2nc(-c3cc(N)cc(Cl)c3C(F)(F)F)c(F)c3nc(OC[C@@]45CCCN4C[C@H](F)C5)nc(c23)N1CC1CCCN1. The molecule has 4 atom stereocenters. The molecular weight excluding hydrogens is 621 g/mol. The van der Waals surface area contributed by atoms with Crippen molar-refractivity contribution in [2.24, 2.45) is 0 Å². The molecule has 4 aliphatic rings. The highest BCUT2D eigenvalue weighted by Crippen LogP contribution is 2.46. The molecule has 3 fully saturated rings. The molecular formula is C30H33ClF5N7O2. The van der Waals surface area contributed by atoms with E-state index in [2.05, 4.69) is 20.2 Å². The Morgan fingerprint density at radius 3 is 2.80 bits per heavy atom. The van der Waals surface area contributed by atoms with Crippen LogP contribution in [-0.4, -0.2) is 83.0 Å². The monoisotopic (exact) mass is 653 g/mol. The summed E-state index contributed by atoms with van der Waals surface area (Å²) in [5, 5.41) is 2.90. The number of alkyl halides is 4. The summed E-state index contributed by atoms with van der Waals surface area (Å²) >= 11 is 6.01. The second kappa shape index (κ2) is 11.2. The highest BCUT2D eigenvalue weighted by atomic mass is 35.5. The van der Waals surface area contributed by atoms with Crippen LogP contribution in [0.3, 0.4) is 0 Å². The third kappa shape index (κ3) is 5.38.